The van der Waals surface area contributed by atoms with Gasteiger partial charge >= 0.3 is 0 Å². The minimum absolute atomic E-state index is 0.207. The number of benzene rings is 2. The summed E-state index contributed by atoms with van der Waals surface area (Å²) in [5, 5.41) is 22.4. The van der Waals surface area contributed by atoms with Gasteiger partial charge in [0, 0.05) is 18.7 Å². The molecular weight excluding hydrogens is 316 g/mol. The molecule has 0 heterocycles. The normalized spacial score (nSPS) is 12.2. The molecule has 0 fully saturated rings. The Morgan fingerprint density at radius 1 is 1.16 bits per heavy atom. The minimum Gasteiger partial charge on any atom is -0.508 e. The zero-order valence-corrected chi connectivity index (χ0v) is 15.2. The van der Waals surface area contributed by atoms with Crippen molar-refractivity contribution in [1.82, 2.24) is 10.2 Å². The van der Waals surface area contributed by atoms with Gasteiger partial charge in [-0.3, -0.25) is 4.79 Å². The van der Waals surface area contributed by atoms with Crippen LogP contribution in [0.3, 0.4) is 0 Å². The van der Waals surface area contributed by atoms with Crippen LogP contribution in [0.4, 0.5) is 0 Å². The summed E-state index contributed by atoms with van der Waals surface area (Å²) in [6.07, 6.45) is -0.607. The van der Waals surface area contributed by atoms with Crippen molar-refractivity contribution in [1.29, 1.82) is 0 Å². The fourth-order valence-corrected chi connectivity index (χ4v) is 2.75. The number of hydrogen-bond donors (Lipinski definition) is 3. The summed E-state index contributed by atoms with van der Waals surface area (Å²) >= 11 is 0. The lowest BCUT2D eigenvalue weighted by Gasteiger charge is -2.16. The maximum absolute atomic E-state index is 12.3. The third-order valence-corrected chi connectivity index (χ3v) is 4.27. The fourth-order valence-electron chi connectivity index (χ4n) is 2.75. The Balaban J connectivity index is 2.16. The topological polar surface area (TPSA) is 72.8 Å². The summed E-state index contributed by atoms with van der Waals surface area (Å²) in [7, 11) is 3.74. The first kappa shape index (κ1) is 19.0. The number of nitrogens with one attached hydrogen (secondary N) is 1. The molecule has 134 valence electrons. The quantitative estimate of drug-likeness (QED) is 0.753. The molecule has 0 aliphatic carbocycles. The van der Waals surface area contributed by atoms with Gasteiger partial charge in [-0.1, -0.05) is 18.2 Å². The molecule has 0 spiro atoms. The number of phenols is 1. The molecule has 2 rings (SSSR count). The van der Waals surface area contributed by atoms with E-state index in [0.29, 0.717) is 12.1 Å². The predicted molar refractivity (Wildman–Crippen MR) is 99.9 cm³/mol. The third kappa shape index (κ3) is 4.81. The zero-order chi connectivity index (χ0) is 18.6. The number of likely N-dealkylation sites (N-methyl/N-ethyl adjacent to an activating group) is 1. The summed E-state index contributed by atoms with van der Waals surface area (Å²) in [5.41, 5.74) is 4.26. The first-order valence-corrected chi connectivity index (χ1v) is 8.30. The van der Waals surface area contributed by atoms with E-state index in [4.69, 9.17) is 0 Å². The molecule has 0 aliphatic rings. The average molecular weight is 342 g/mol. The molecule has 3 N–H and O–H groups in total. The van der Waals surface area contributed by atoms with Crippen LogP contribution in [0.5, 0.6) is 5.75 Å². The van der Waals surface area contributed by atoms with Crippen LogP contribution >= 0.6 is 0 Å². The number of carbonyl (C=O) groups excluding carboxylic acids is 1. The van der Waals surface area contributed by atoms with Gasteiger partial charge in [0.15, 0.2) is 0 Å². The van der Waals surface area contributed by atoms with Gasteiger partial charge in [0.25, 0.3) is 5.91 Å². The molecule has 0 saturated carbocycles. The number of hydrogen-bond acceptors (Lipinski definition) is 4. The van der Waals surface area contributed by atoms with Crippen molar-refractivity contribution < 1.29 is 15.0 Å². The summed E-state index contributed by atoms with van der Waals surface area (Å²) in [6.45, 7) is 4.52. The average Bonchev–Trinajstić information content (AvgIpc) is 2.57. The highest BCUT2D eigenvalue weighted by molar-refractivity contribution is 5.95. The second kappa shape index (κ2) is 8.14. The lowest BCUT2D eigenvalue weighted by atomic mass is 9.95. The Morgan fingerprint density at radius 2 is 1.88 bits per heavy atom. The smallest absolute Gasteiger partial charge is 0.251 e. The highest BCUT2D eigenvalue weighted by atomic mass is 16.3. The highest BCUT2D eigenvalue weighted by Crippen LogP contribution is 2.30. The number of amides is 1. The SMILES string of the molecule is Cc1c(O)ccc(-c2cccc(C(=O)NC[C@H](O)CN(C)C)c2)c1C. The van der Waals surface area contributed by atoms with Gasteiger partial charge in [0.2, 0.25) is 0 Å². The molecule has 0 radical (unpaired) electrons. The zero-order valence-electron chi connectivity index (χ0n) is 15.2. The molecule has 5 nitrogen and oxygen atoms in total. The van der Waals surface area contributed by atoms with Crippen molar-refractivity contribution in [2.75, 3.05) is 27.2 Å². The van der Waals surface area contributed by atoms with Crippen molar-refractivity contribution in [3.63, 3.8) is 0 Å². The van der Waals surface area contributed by atoms with E-state index in [2.05, 4.69) is 5.32 Å². The molecule has 0 aliphatic heterocycles. The number of aromatic hydroxyl groups is 1. The fraction of sp³-hybridized carbons (Fsp3) is 0.350. The maximum atomic E-state index is 12.3. The molecular formula is C20H26N2O3. The second-order valence-electron chi connectivity index (χ2n) is 6.59. The molecule has 2 aromatic rings. The molecule has 25 heavy (non-hydrogen) atoms. The van der Waals surface area contributed by atoms with Gasteiger partial charge in [0.1, 0.15) is 5.75 Å². The first-order valence-electron chi connectivity index (χ1n) is 8.30. The third-order valence-electron chi connectivity index (χ3n) is 4.27. The summed E-state index contributed by atoms with van der Waals surface area (Å²) in [5.74, 6) is 0.0536. The number of rotatable bonds is 6. The van der Waals surface area contributed by atoms with Crippen LogP contribution in [0.1, 0.15) is 21.5 Å². The standard InChI is InChI=1S/C20H26N2O3/c1-13-14(2)19(24)9-8-18(13)15-6-5-7-16(10-15)20(25)21-11-17(23)12-22(3)4/h5-10,17,23-24H,11-12H2,1-4H3,(H,21,25)/t17-/m0/s1. The monoisotopic (exact) mass is 342 g/mol. The van der Waals surface area contributed by atoms with E-state index >= 15 is 0 Å². The first-order chi connectivity index (χ1) is 11.8. The summed E-state index contributed by atoms with van der Waals surface area (Å²) in [4.78, 5) is 14.2. The largest absolute Gasteiger partial charge is 0.508 e. The lowest BCUT2D eigenvalue weighted by molar-refractivity contribution is 0.0892. The van der Waals surface area contributed by atoms with E-state index in [1.54, 1.807) is 12.1 Å². The Kier molecular flexibility index (Phi) is 6.17. The molecule has 1 atom stereocenters. The predicted octanol–water partition coefficient (Wildman–Crippen LogP) is 2.33. The molecule has 1 amide bonds. The lowest BCUT2D eigenvalue weighted by Crippen LogP contribution is -2.37. The van der Waals surface area contributed by atoms with E-state index in [0.717, 1.165) is 22.3 Å². The summed E-state index contributed by atoms with van der Waals surface area (Å²) in [6, 6.07) is 10.9. The van der Waals surface area contributed by atoms with Crippen molar-refractivity contribution in [2.24, 2.45) is 0 Å². The Labute approximate surface area is 148 Å². The van der Waals surface area contributed by atoms with Crippen LogP contribution in [0.25, 0.3) is 11.1 Å². The number of carbonyl (C=O) groups is 1. The van der Waals surface area contributed by atoms with Crippen LogP contribution < -0.4 is 5.32 Å². The van der Waals surface area contributed by atoms with Gasteiger partial charge in [-0.15, -0.1) is 0 Å². The molecule has 2 aromatic carbocycles. The van der Waals surface area contributed by atoms with E-state index < -0.39 is 6.10 Å². The van der Waals surface area contributed by atoms with Crippen molar-refractivity contribution in [3.05, 3.63) is 53.1 Å². The van der Waals surface area contributed by atoms with Crippen molar-refractivity contribution >= 4 is 5.91 Å². The maximum Gasteiger partial charge on any atom is 0.251 e. The Bertz CT molecular complexity index is 757. The summed E-state index contributed by atoms with van der Waals surface area (Å²) < 4.78 is 0. The van der Waals surface area contributed by atoms with Gasteiger partial charge in [0.05, 0.1) is 6.10 Å². The van der Waals surface area contributed by atoms with E-state index in [-0.39, 0.29) is 18.2 Å². The van der Waals surface area contributed by atoms with Crippen LogP contribution in [-0.4, -0.2) is 54.3 Å². The van der Waals surface area contributed by atoms with E-state index in [9.17, 15) is 15.0 Å². The van der Waals surface area contributed by atoms with E-state index in [1.807, 2.05) is 57.1 Å². The minimum atomic E-state index is -0.607. The number of phenolic OH excluding ortho intramolecular Hbond substituents is 1. The van der Waals surface area contributed by atoms with Gasteiger partial charge in [-0.2, -0.15) is 0 Å². The molecule has 0 aromatic heterocycles. The van der Waals surface area contributed by atoms with Crippen LogP contribution in [-0.2, 0) is 0 Å². The Hall–Kier alpha value is -2.37. The second-order valence-corrected chi connectivity index (χ2v) is 6.59. The van der Waals surface area contributed by atoms with Gasteiger partial charge in [-0.05, 0) is 68.4 Å². The molecule has 0 bridgehead atoms. The molecule has 0 saturated heterocycles. The van der Waals surface area contributed by atoms with Crippen LogP contribution in [0.15, 0.2) is 36.4 Å². The van der Waals surface area contributed by atoms with Crippen molar-refractivity contribution in [3.8, 4) is 16.9 Å². The molecule has 0 unspecified atom stereocenters. The Morgan fingerprint density at radius 3 is 2.56 bits per heavy atom. The number of aliphatic hydroxyl groups is 1. The number of aliphatic hydroxyl groups excluding tert-OH is 1. The number of nitrogens with zero attached hydrogens (tertiary/aromatic N) is 1. The molecule has 5 heteroatoms. The van der Waals surface area contributed by atoms with Gasteiger partial charge in [-0.25, -0.2) is 0 Å². The highest BCUT2D eigenvalue weighted by Gasteiger charge is 2.12. The van der Waals surface area contributed by atoms with E-state index in [1.165, 1.54) is 0 Å². The van der Waals surface area contributed by atoms with Gasteiger partial charge < -0.3 is 20.4 Å². The van der Waals surface area contributed by atoms with Crippen molar-refractivity contribution in [2.45, 2.75) is 20.0 Å². The van der Waals surface area contributed by atoms with Crippen LogP contribution in [0.2, 0.25) is 0 Å². The van der Waals surface area contributed by atoms with Crippen LogP contribution in [0, 0.1) is 13.8 Å².